The highest BCUT2D eigenvalue weighted by atomic mass is 32.1. The van der Waals surface area contributed by atoms with Crippen molar-refractivity contribution < 1.29 is 0 Å². The number of nitrogens with zero attached hydrogens (tertiary/aromatic N) is 5. The average Bonchev–Trinajstić information content (AvgIpc) is 3.51. The molecule has 2 N–H and O–H groups in total. The topological polar surface area (TPSA) is 96.0 Å². The number of fused-ring (bicyclic) bond motifs is 2. The molecule has 0 saturated heterocycles. The maximum atomic E-state index is 4.90. The molecule has 0 unspecified atom stereocenters. The van der Waals surface area contributed by atoms with Crippen LogP contribution in [-0.4, -0.2) is 35.1 Å². The summed E-state index contributed by atoms with van der Waals surface area (Å²) in [4.78, 5) is 23.8. The predicted molar refractivity (Wildman–Crippen MR) is 118 cm³/mol. The van der Waals surface area contributed by atoms with Gasteiger partial charge < -0.3 is 4.98 Å². The van der Waals surface area contributed by atoms with Crippen LogP contribution >= 0.6 is 11.3 Å². The number of aryl methyl sites for hydroxylation is 1. The zero-order valence-corrected chi connectivity index (χ0v) is 16.7. The molecule has 5 heterocycles. The SMILES string of the molecule is Cc1ccc(-c2cccc3[nH]c(-c4n[nH]c5ccc(-c6cncnc6)nc45)nc23)s1. The summed E-state index contributed by atoms with van der Waals surface area (Å²) >= 11 is 1.76. The van der Waals surface area contributed by atoms with Crippen molar-refractivity contribution in [2.45, 2.75) is 6.92 Å². The maximum Gasteiger partial charge on any atom is 0.161 e. The molecular weight excluding hydrogens is 394 g/mol. The fourth-order valence-electron chi connectivity index (χ4n) is 3.58. The van der Waals surface area contributed by atoms with Gasteiger partial charge >= 0.3 is 0 Å². The van der Waals surface area contributed by atoms with Crippen molar-refractivity contribution in [2.75, 3.05) is 0 Å². The number of rotatable bonds is 3. The molecule has 7 nitrogen and oxygen atoms in total. The molecule has 5 aromatic heterocycles. The largest absolute Gasteiger partial charge is 0.336 e. The van der Waals surface area contributed by atoms with Gasteiger partial charge in [-0.3, -0.25) is 5.10 Å². The van der Waals surface area contributed by atoms with E-state index in [0.717, 1.165) is 38.9 Å². The van der Waals surface area contributed by atoms with Gasteiger partial charge in [0.25, 0.3) is 0 Å². The van der Waals surface area contributed by atoms with Gasteiger partial charge in [0.15, 0.2) is 11.5 Å². The van der Waals surface area contributed by atoms with E-state index in [-0.39, 0.29) is 0 Å². The van der Waals surface area contributed by atoms with E-state index in [1.165, 1.54) is 16.1 Å². The van der Waals surface area contributed by atoms with Gasteiger partial charge in [-0.25, -0.2) is 19.9 Å². The van der Waals surface area contributed by atoms with Crippen molar-refractivity contribution in [2.24, 2.45) is 0 Å². The van der Waals surface area contributed by atoms with Gasteiger partial charge in [-0.2, -0.15) is 5.10 Å². The first kappa shape index (κ1) is 17.0. The third-order valence-electron chi connectivity index (χ3n) is 5.01. The molecule has 144 valence electrons. The molecule has 30 heavy (non-hydrogen) atoms. The molecule has 1 aromatic carbocycles. The number of aromatic nitrogens is 7. The number of pyridine rings is 1. The van der Waals surface area contributed by atoms with Crippen LogP contribution in [0.1, 0.15) is 4.88 Å². The van der Waals surface area contributed by atoms with Crippen molar-refractivity contribution in [1.29, 1.82) is 0 Å². The summed E-state index contributed by atoms with van der Waals surface area (Å²) in [6.07, 6.45) is 5.00. The highest BCUT2D eigenvalue weighted by Crippen LogP contribution is 2.34. The Kier molecular flexibility index (Phi) is 3.72. The fraction of sp³-hybridized carbons (Fsp3) is 0.0455. The Balaban J connectivity index is 1.52. The van der Waals surface area contributed by atoms with E-state index in [1.807, 2.05) is 24.3 Å². The molecule has 0 atom stereocenters. The lowest BCUT2D eigenvalue weighted by Crippen LogP contribution is -1.88. The summed E-state index contributed by atoms with van der Waals surface area (Å²) in [7, 11) is 0. The molecule has 8 heteroatoms. The Morgan fingerprint density at radius 1 is 0.867 bits per heavy atom. The number of thiophene rings is 1. The van der Waals surface area contributed by atoms with E-state index < -0.39 is 0 Å². The summed E-state index contributed by atoms with van der Waals surface area (Å²) in [5.41, 5.74) is 6.94. The van der Waals surface area contributed by atoms with Gasteiger partial charge in [0.05, 0.1) is 22.2 Å². The van der Waals surface area contributed by atoms with Gasteiger partial charge in [-0.05, 0) is 37.3 Å². The first-order chi connectivity index (χ1) is 14.8. The molecule has 0 aliphatic rings. The van der Waals surface area contributed by atoms with Crippen LogP contribution in [0.3, 0.4) is 0 Å². The molecule has 0 saturated carbocycles. The second-order valence-corrected chi connectivity index (χ2v) is 8.28. The molecule has 0 fully saturated rings. The van der Waals surface area contributed by atoms with Crippen LogP contribution in [0, 0.1) is 6.92 Å². The van der Waals surface area contributed by atoms with Crippen LogP contribution in [0.4, 0.5) is 0 Å². The zero-order valence-electron chi connectivity index (χ0n) is 15.9. The molecule has 0 aliphatic carbocycles. The van der Waals surface area contributed by atoms with Crippen molar-refractivity contribution >= 4 is 33.4 Å². The van der Waals surface area contributed by atoms with E-state index in [0.29, 0.717) is 11.5 Å². The number of imidazole rings is 1. The minimum Gasteiger partial charge on any atom is -0.336 e. The first-order valence-corrected chi connectivity index (χ1v) is 10.2. The summed E-state index contributed by atoms with van der Waals surface area (Å²) in [5.74, 6) is 0.686. The minimum absolute atomic E-state index is 0.686. The van der Waals surface area contributed by atoms with Crippen LogP contribution in [0.15, 0.2) is 61.2 Å². The maximum absolute atomic E-state index is 4.90. The number of para-hydroxylation sites is 1. The van der Waals surface area contributed by atoms with Gasteiger partial charge in [0, 0.05) is 33.3 Å². The van der Waals surface area contributed by atoms with Gasteiger partial charge in [0.2, 0.25) is 0 Å². The smallest absolute Gasteiger partial charge is 0.161 e. The van der Waals surface area contributed by atoms with E-state index in [9.17, 15) is 0 Å². The Morgan fingerprint density at radius 3 is 2.60 bits per heavy atom. The minimum atomic E-state index is 0.686. The number of hydrogen-bond acceptors (Lipinski definition) is 6. The van der Waals surface area contributed by atoms with Crippen LogP contribution < -0.4 is 0 Å². The highest BCUT2D eigenvalue weighted by molar-refractivity contribution is 7.15. The predicted octanol–water partition coefficient (Wildman–Crippen LogP) is 5.00. The lowest BCUT2D eigenvalue weighted by atomic mass is 10.1. The number of hydrogen-bond donors (Lipinski definition) is 2. The van der Waals surface area contributed by atoms with Gasteiger partial charge in [-0.15, -0.1) is 11.3 Å². The van der Waals surface area contributed by atoms with Crippen LogP contribution in [0.5, 0.6) is 0 Å². The number of H-pyrrole nitrogens is 2. The Labute approximate surface area is 174 Å². The number of nitrogens with one attached hydrogen (secondary N) is 2. The van der Waals surface area contributed by atoms with Crippen molar-refractivity contribution in [3.05, 3.63) is 66.1 Å². The zero-order chi connectivity index (χ0) is 20.1. The van der Waals surface area contributed by atoms with E-state index in [4.69, 9.17) is 9.97 Å². The molecular formula is C22H15N7S. The Bertz CT molecular complexity index is 1510. The summed E-state index contributed by atoms with van der Waals surface area (Å²) in [6, 6.07) is 14.3. The van der Waals surface area contributed by atoms with Crippen molar-refractivity contribution in [1.82, 2.24) is 35.1 Å². The van der Waals surface area contributed by atoms with Crippen LogP contribution in [0.2, 0.25) is 0 Å². The fourth-order valence-corrected chi connectivity index (χ4v) is 4.47. The quantitative estimate of drug-likeness (QED) is 0.429. The highest BCUT2D eigenvalue weighted by Gasteiger charge is 2.17. The lowest BCUT2D eigenvalue weighted by molar-refractivity contribution is 1.10. The molecule has 0 spiro atoms. The first-order valence-electron chi connectivity index (χ1n) is 9.43. The standard InChI is InChI=1S/C22H15N7S/c1-12-5-8-18(30-12)14-3-2-4-16-19(14)27-22(26-16)21-20-17(28-29-21)7-6-15(25-20)13-9-23-11-24-10-13/h2-11H,1H3,(H,26,27)(H,28,29). The third kappa shape index (κ3) is 2.69. The van der Waals surface area contributed by atoms with Crippen LogP contribution in [-0.2, 0) is 0 Å². The molecule has 0 amide bonds. The monoisotopic (exact) mass is 409 g/mol. The van der Waals surface area contributed by atoms with E-state index >= 15 is 0 Å². The second-order valence-electron chi connectivity index (χ2n) is 6.99. The van der Waals surface area contributed by atoms with Gasteiger partial charge in [0.1, 0.15) is 11.8 Å². The molecule has 6 rings (SSSR count). The molecule has 6 aromatic rings. The molecule has 0 bridgehead atoms. The van der Waals surface area contributed by atoms with Crippen molar-refractivity contribution in [3.8, 4) is 33.2 Å². The number of aromatic amines is 2. The average molecular weight is 409 g/mol. The lowest BCUT2D eigenvalue weighted by Gasteiger charge is -2.00. The third-order valence-corrected chi connectivity index (χ3v) is 6.04. The summed E-state index contributed by atoms with van der Waals surface area (Å²) in [5, 5.41) is 7.55. The van der Waals surface area contributed by atoms with E-state index in [1.54, 1.807) is 23.7 Å². The Hall–Kier alpha value is -3.91. The van der Waals surface area contributed by atoms with Gasteiger partial charge in [-0.1, -0.05) is 12.1 Å². The number of benzene rings is 1. The summed E-state index contributed by atoms with van der Waals surface area (Å²) in [6.45, 7) is 2.11. The van der Waals surface area contributed by atoms with Crippen LogP contribution in [0.25, 0.3) is 55.3 Å². The van der Waals surface area contributed by atoms with Crippen molar-refractivity contribution in [3.63, 3.8) is 0 Å². The molecule has 0 radical (unpaired) electrons. The summed E-state index contributed by atoms with van der Waals surface area (Å²) < 4.78 is 0. The Morgan fingerprint density at radius 2 is 1.77 bits per heavy atom. The second kappa shape index (κ2) is 6.57. The molecule has 0 aliphatic heterocycles. The van der Waals surface area contributed by atoms with E-state index in [2.05, 4.69) is 50.3 Å². The normalized spacial score (nSPS) is 11.5.